The second-order valence-electron chi connectivity index (χ2n) is 3.29. The lowest BCUT2D eigenvalue weighted by molar-refractivity contribution is 0.516. The average Bonchev–Trinajstić information content (AvgIpc) is 2.47. The van der Waals surface area contributed by atoms with Crippen molar-refractivity contribution in [1.82, 2.24) is 9.36 Å². The zero-order valence-electron chi connectivity index (χ0n) is 8.00. The second-order valence-corrected chi connectivity index (χ2v) is 4.12. The summed E-state index contributed by atoms with van der Waals surface area (Å²) in [5.74, 6) is 1.73. The quantitative estimate of drug-likeness (QED) is 0.719. The molecule has 3 heteroatoms. The Morgan fingerprint density at radius 1 is 1.50 bits per heavy atom. The molecule has 0 spiro atoms. The van der Waals surface area contributed by atoms with Gasteiger partial charge in [-0.25, -0.2) is 4.98 Å². The molecule has 0 aliphatic heterocycles. The van der Waals surface area contributed by atoms with E-state index in [-0.39, 0.29) is 0 Å². The zero-order valence-corrected chi connectivity index (χ0v) is 8.82. The van der Waals surface area contributed by atoms with Crippen LogP contribution in [0.5, 0.6) is 0 Å². The number of rotatable bonds is 4. The summed E-state index contributed by atoms with van der Waals surface area (Å²) in [5, 5.41) is 1.19. The van der Waals surface area contributed by atoms with Crippen molar-refractivity contribution in [1.29, 1.82) is 0 Å². The minimum atomic E-state index is 0.814. The van der Waals surface area contributed by atoms with Gasteiger partial charge in [-0.05, 0) is 30.8 Å². The summed E-state index contributed by atoms with van der Waals surface area (Å²) >= 11 is 1.54. The van der Waals surface area contributed by atoms with E-state index in [9.17, 15) is 0 Å². The van der Waals surface area contributed by atoms with Gasteiger partial charge in [0.25, 0.3) is 0 Å². The Kier molecular flexibility index (Phi) is 3.66. The Labute approximate surface area is 78.2 Å². The highest BCUT2D eigenvalue weighted by Gasteiger charge is 2.03. The van der Waals surface area contributed by atoms with Crippen LogP contribution >= 0.6 is 11.5 Å². The van der Waals surface area contributed by atoms with E-state index in [1.54, 1.807) is 11.5 Å². The fourth-order valence-electron chi connectivity index (χ4n) is 1.02. The summed E-state index contributed by atoms with van der Waals surface area (Å²) in [5.41, 5.74) is 0. The Hall–Kier alpha value is -0.440. The first-order valence-corrected chi connectivity index (χ1v) is 5.29. The molecule has 0 N–H and O–H groups in total. The molecular formula is C9H16N2S. The third kappa shape index (κ3) is 2.89. The van der Waals surface area contributed by atoms with E-state index >= 15 is 0 Å². The molecule has 1 atom stereocenters. The molecule has 68 valence electrons. The van der Waals surface area contributed by atoms with E-state index in [4.69, 9.17) is 0 Å². The van der Waals surface area contributed by atoms with Crippen molar-refractivity contribution in [2.45, 2.75) is 40.0 Å². The summed E-state index contributed by atoms with van der Waals surface area (Å²) in [6, 6.07) is 0. The number of aryl methyl sites for hydroxylation is 2. The van der Waals surface area contributed by atoms with Crippen molar-refractivity contribution in [2.75, 3.05) is 0 Å². The van der Waals surface area contributed by atoms with E-state index < -0.39 is 0 Å². The maximum Gasteiger partial charge on any atom is 0.139 e. The van der Waals surface area contributed by atoms with Gasteiger partial charge in [0.05, 0.1) is 0 Å². The number of nitrogens with zero attached hydrogens (tertiary/aromatic N) is 2. The molecule has 1 rings (SSSR count). The van der Waals surface area contributed by atoms with Crippen molar-refractivity contribution in [3.05, 3.63) is 10.8 Å². The fourth-order valence-corrected chi connectivity index (χ4v) is 1.68. The lowest BCUT2D eigenvalue weighted by atomic mass is 10.0. The van der Waals surface area contributed by atoms with Crippen LogP contribution in [0.25, 0.3) is 0 Å². The lowest BCUT2D eigenvalue weighted by Gasteiger charge is -2.04. The van der Waals surface area contributed by atoms with Gasteiger partial charge in [0, 0.05) is 6.42 Å². The molecular weight excluding hydrogens is 168 g/mol. The summed E-state index contributed by atoms with van der Waals surface area (Å²) in [6.45, 7) is 6.47. The molecule has 0 amide bonds. The standard InChI is InChI=1S/C9H16N2S/c1-4-7(2)5-6-9-10-8(3)11-12-9/h7H,4-6H2,1-3H3. The first kappa shape index (κ1) is 9.65. The molecule has 0 aliphatic carbocycles. The highest BCUT2D eigenvalue weighted by molar-refractivity contribution is 7.05. The molecule has 1 aromatic rings. The van der Waals surface area contributed by atoms with Crippen LogP contribution in [-0.4, -0.2) is 9.36 Å². The normalized spacial score (nSPS) is 13.2. The third-order valence-electron chi connectivity index (χ3n) is 2.12. The first-order valence-electron chi connectivity index (χ1n) is 4.51. The van der Waals surface area contributed by atoms with Gasteiger partial charge >= 0.3 is 0 Å². The Bertz CT molecular complexity index is 232. The first-order chi connectivity index (χ1) is 5.72. The number of hydrogen-bond acceptors (Lipinski definition) is 3. The summed E-state index contributed by atoms with van der Waals surface area (Å²) < 4.78 is 4.15. The number of aromatic nitrogens is 2. The molecule has 0 saturated carbocycles. The lowest BCUT2D eigenvalue weighted by Crippen LogP contribution is -1.94. The molecule has 0 bridgehead atoms. The predicted molar refractivity (Wildman–Crippen MR) is 52.4 cm³/mol. The highest BCUT2D eigenvalue weighted by Crippen LogP contribution is 2.13. The van der Waals surface area contributed by atoms with Gasteiger partial charge in [0.2, 0.25) is 0 Å². The van der Waals surface area contributed by atoms with Crippen molar-refractivity contribution in [2.24, 2.45) is 5.92 Å². The number of hydrogen-bond donors (Lipinski definition) is 0. The van der Waals surface area contributed by atoms with Crippen LogP contribution in [0, 0.1) is 12.8 Å². The van der Waals surface area contributed by atoms with Gasteiger partial charge in [-0.1, -0.05) is 20.3 Å². The highest BCUT2D eigenvalue weighted by atomic mass is 32.1. The van der Waals surface area contributed by atoms with E-state index in [2.05, 4.69) is 23.2 Å². The monoisotopic (exact) mass is 184 g/mol. The smallest absolute Gasteiger partial charge is 0.139 e. The summed E-state index contributed by atoms with van der Waals surface area (Å²) in [7, 11) is 0. The van der Waals surface area contributed by atoms with E-state index in [1.165, 1.54) is 17.8 Å². The third-order valence-corrected chi connectivity index (χ3v) is 2.98. The summed E-state index contributed by atoms with van der Waals surface area (Å²) in [4.78, 5) is 4.32. The van der Waals surface area contributed by atoms with Crippen LogP contribution < -0.4 is 0 Å². The summed E-state index contributed by atoms with van der Waals surface area (Å²) in [6.07, 6.45) is 3.60. The molecule has 1 heterocycles. The maximum atomic E-state index is 4.32. The van der Waals surface area contributed by atoms with Crippen LogP contribution in [0.2, 0.25) is 0 Å². The second kappa shape index (κ2) is 4.55. The van der Waals surface area contributed by atoms with Crippen molar-refractivity contribution >= 4 is 11.5 Å². The molecule has 0 aliphatic rings. The van der Waals surface area contributed by atoms with Crippen LogP contribution in [0.3, 0.4) is 0 Å². The van der Waals surface area contributed by atoms with Gasteiger partial charge in [0.15, 0.2) is 0 Å². The predicted octanol–water partition coefficient (Wildman–Crippen LogP) is 2.83. The Morgan fingerprint density at radius 2 is 2.25 bits per heavy atom. The topological polar surface area (TPSA) is 25.8 Å². The Morgan fingerprint density at radius 3 is 2.75 bits per heavy atom. The van der Waals surface area contributed by atoms with Gasteiger partial charge in [0.1, 0.15) is 10.8 Å². The molecule has 0 aromatic carbocycles. The van der Waals surface area contributed by atoms with Crippen molar-refractivity contribution in [3.8, 4) is 0 Å². The minimum Gasteiger partial charge on any atom is -0.225 e. The molecule has 0 fully saturated rings. The minimum absolute atomic E-state index is 0.814. The maximum absolute atomic E-state index is 4.32. The molecule has 0 saturated heterocycles. The molecule has 1 unspecified atom stereocenters. The molecule has 0 radical (unpaired) electrons. The van der Waals surface area contributed by atoms with Gasteiger partial charge in [-0.2, -0.15) is 4.37 Å². The Balaban J connectivity index is 2.33. The zero-order chi connectivity index (χ0) is 8.97. The van der Waals surface area contributed by atoms with Crippen molar-refractivity contribution in [3.63, 3.8) is 0 Å². The van der Waals surface area contributed by atoms with Crippen molar-refractivity contribution < 1.29 is 0 Å². The van der Waals surface area contributed by atoms with Crippen LogP contribution in [0.1, 0.15) is 37.5 Å². The molecule has 2 nitrogen and oxygen atoms in total. The average molecular weight is 184 g/mol. The molecule has 1 aromatic heterocycles. The van der Waals surface area contributed by atoms with Gasteiger partial charge in [-0.3, -0.25) is 0 Å². The van der Waals surface area contributed by atoms with Crippen LogP contribution in [-0.2, 0) is 6.42 Å². The van der Waals surface area contributed by atoms with Gasteiger partial charge < -0.3 is 0 Å². The van der Waals surface area contributed by atoms with E-state index in [0.717, 1.165) is 18.2 Å². The van der Waals surface area contributed by atoms with E-state index in [0.29, 0.717) is 0 Å². The largest absolute Gasteiger partial charge is 0.225 e. The van der Waals surface area contributed by atoms with E-state index in [1.807, 2.05) is 6.92 Å². The van der Waals surface area contributed by atoms with Gasteiger partial charge in [-0.15, -0.1) is 0 Å². The fraction of sp³-hybridized carbons (Fsp3) is 0.778. The SMILES string of the molecule is CCC(C)CCc1nc(C)ns1. The molecule has 12 heavy (non-hydrogen) atoms. The van der Waals surface area contributed by atoms with Crippen LogP contribution in [0.4, 0.5) is 0 Å². The van der Waals surface area contributed by atoms with Crippen LogP contribution in [0.15, 0.2) is 0 Å².